The third-order valence-electron chi connectivity index (χ3n) is 3.81. The first-order valence-corrected chi connectivity index (χ1v) is 6.81. The normalized spacial score (nSPS) is 25.6. The first kappa shape index (κ1) is 14.5. The van der Waals surface area contributed by atoms with Crippen molar-refractivity contribution in [1.82, 2.24) is 5.32 Å². The summed E-state index contributed by atoms with van der Waals surface area (Å²) < 4.78 is 56.8. The fourth-order valence-corrected chi connectivity index (χ4v) is 2.86. The van der Waals surface area contributed by atoms with E-state index in [2.05, 4.69) is 5.32 Å². The second kappa shape index (κ2) is 5.42. The van der Waals surface area contributed by atoms with Crippen LogP contribution in [0.1, 0.15) is 17.5 Å². The second-order valence-corrected chi connectivity index (χ2v) is 5.52. The Bertz CT molecular complexity index is 567. The van der Waals surface area contributed by atoms with Crippen molar-refractivity contribution in [3.05, 3.63) is 46.8 Å². The van der Waals surface area contributed by atoms with Gasteiger partial charge in [0.2, 0.25) is 0 Å². The van der Waals surface area contributed by atoms with Crippen LogP contribution in [0.5, 0.6) is 0 Å². The number of alkyl halides is 3. The largest absolute Gasteiger partial charge is 0.416 e. The maximum absolute atomic E-state index is 13.9. The average Bonchev–Trinajstić information content (AvgIpc) is 2.39. The number of fused-ring (bicyclic) bond motifs is 2. The van der Waals surface area contributed by atoms with Crippen molar-refractivity contribution < 1.29 is 22.3 Å². The molecule has 1 aromatic carbocycles. The standard InChI is InChI=1S/C15H15F4NO/c16-14-6-11(15(17,18)19)2-1-10(14)3-9-4-12-7-21-8-13(5-9)20-12/h1-2,4,6,12-13,20H,3,5,7-8H2. The molecular weight excluding hydrogens is 286 g/mol. The highest BCUT2D eigenvalue weighted by Gasteiger charge is 2.31. The van der Waals surface area contributed by atoms with Crippen LogP contribution in [-0.2, 0) is 17.3 Å². The summed E-state index contributed by atoms with van der Waals surface area (Å²) in [6.45, 7) is 1.19. The minimum absolute atomic E-state index is 0.116. The predicted octanol–water partition coefficient (Wildman–Crippen LogP) is 3.07. The van der Waals surface area contributed by atoms with Crippen molar-refractivity contribution in [3.63, 3.8) is 0 Å². The maximum Gasteiger partial charge on any atom is 0.416 e. The molecule has 0 amide bonds. The zero-order valence-corrected chi connectivity index (χ0v) is 11.2. The van der Waals surface area contributed by atoms with Gasteiger partial charge in [-0.2, -0.15) is 13.2 Å². The number of nitrogens with one attached hydrogen (secondary N) is 1. The lowest BCUT2D eigenvalue weighted by Gasteiger charge is -2.35. The SMILES string of the molecule is Fc1cc(C(F)(F)F)ccc1CC1=CC2COCC(C1)N2. The predicted molar refractivity (Wildman–Crippen MR) is 69.3 cm³/mol. The van der Waals surface area contributed by atoms with Crippen LogP contribution < -0.4 is 5.32 Å². The summed E-state index contributed by atoms with van der Waals surface area (Å²) in [5, 5.41) is 3.37. The smallest absolute Gasteiger partial charge is 0.378 e. The third kappa shape index (κ3) is 3.27. The fraction of sp³-hybridized carbons (Fsp3) is 0.467. The molecule has 0 radical (unpaired) electrons. The lowest BCUT2D eigenvalue weighted by atomic mass is 9.92. The van der Waals surface area contributed by atoms with Crippen LogP contribution in [0.25, 0.3) is 0 Å². The quantitative estimate of drug-likeness (QED) is 0.669. The molecule has 2 bridgehead atoms. The monoisotopic (exact) mass is 301 g/mol. The van der Waals surface area contributed by atoms with Crippen LogP contribution in [0.3, 0.4) is 0 Å². The summed E-state index contributed by atoms with van der Waals surface area (Å²) in [7, 11) is 0. The van der Waals surface area contributed by atoms with Crippen molar-refractivity contribution in [2.45, 2.75) is 31.1 Å². The van der Waals surface area contributed by atoms with E-state index in [1.807, 2.05) is 6.08 Å². The zero-order valence-electron chi connectivity index (χ0n) is 11.2. The number of hydrogen-bond donors (Lipinski definition) is 1. The number of rotatable bonds is 2. The number of ether oxygens (including phenoxy) is 1. The first-order chi connectivity index (χ1) is 9.91. The Balaban J connectivity index is 1.78. The first-order valence-electron chi connectivity index (χ1n) is 6.81. The number of halogens is 4. The molecule has 1 aromatic rings. The van der Waals surface area contributed by atoms with Gasteiger partial charge in [-0.1, -0.05) is 17.7 Å². The van der Waals surface area contributed by atoms with Crippen LogP contribution >= 0.6 is 0 Å². The van der Waals surface area contributed by atoms with E-state index in [-0.39, 0.29) is 12.1 Å². The van der Waals surface area contributed by atoms with Gasteiger partial charge in [-0.05, 0) is 30.5 Å². The average molecular weight is 301 g/mol. The molecule has 3 rings (SSSR count). The van der Waals surface area contributed by atoms with Crippen molar-refractivity contribution in [2.24, 2.45) is 0 Å². The van der Waals surface area contributed by atoms with Crippen LogP contribution in [-0.4, -0.2) is 25.3 Å². The van der Waals surface area contributed by atoms with E-state index in [9.17, 15) is 17.6 Å². The van der Waals surface area contributed by atoms with E-state index >= 15 is 0 Å². The molecule has 6 heteroatoms. The molecule has 21 heavy (non-hydrogen) atoms. The van der Waals surface area contributed by atoms with Crippen molar-refractivity contribution in [3.8, 4) is 0 Å². The van der Waals surface area contributed by atoms with Crippen LogP contribution in [0.15, 0.2) is 29.8 Å². The summed E-state index contributed by atoms with van der Waals surface area (Å²) in [5.41, 5.74) is 0.397. The van der Waals surface area contributed by atoms with Crippen molar-refractivity contribution >= 4 is 0 Å². The molecule has 1 fully saturated rings. The topological polar surface area (TPSA) is 21.3 Å². The summed E-state index contributed by atoms with van der Waals surface area (Å²) >= 11 is 0. The highest BCUT2D eigenvalue weighted by Crippen LogP contribution is 2.31. The Morgan fingerprint density at radius 3 is 2.71 bits per heavy atom. The van der Waals surface area contributed by atoms with E-state index in [0.717, 1.165) is 18.1 Å². The molecule has 0 aromatic heterocycles. The van der Waals surface area contributed by atoms with E-state index in [0.29, 0.717) is 31.3 Å². The fourth-order valence-electron chi connectivity index (χ4n) is 2.86. The number of benzene rings is 1. The van der Waals surface area contributed by atoms with Crippen LogP contribution in [0.4, 0.5) is 17.6 Å². The van der Waals surface area contributed by atoms with Gasteiger partial charge in [0.05, 0.1) is 18.8 Å². The highest BCUT2D eigenvalue weighted by molar-refractivity contribution is 5.31. The van der Waals surface area contributed by atoms with Crippen LogP contribution in [0, 0.1) is 5.82 Å². The van der Waals surface area contributed by atoms with Crippen molar-refractivity contribution in [1.29, 1.82) is 0 Å². The molecule has 0 saturated carbocycles. The number of hydrogen-bond acceptors (Lipinski definition) is 2. The van der Waals surface area contributed by atoms with Gasteiger partial charge in [0.1, 0.15) is 5.82 Å². The van der Waals surface area contributed by atoms with Gasteiger partial charge in [-0.3, -0.25) is 0 Å². The van der Waals surface area contributed by atoms with Gasteiger partial charge < -0.3 is 10.1 Å². The maximum atomic E-state index is 13.9. The Morgan fingerprint density at radius 1 is 1.24 bits per heavy atom. The minimum atomic E-state index is -4.51. The third-order valence-corrected chi connectivity index (χ3v) is 3.81. The molecular formula is C15H15F4NO. The lowest BCUT2D eigenvalue weighted by Crippen LogP contribution is -2.50. The molecule has 1 N–H and O–H groups in total. The summed E-state index contributed by atoms with van der Waals surface area (Å²) in [5.74, 6) is -0.800. The Morgan fingerprint density at radius 2 is 2.05 bits per heavy atom. The van der Waals surface area contributed by atoms with Crippen molar-refractivity contribution in [2.75, 3.05) is 13.2 Å². The Labute approximate surface area is 119 Å². The van der Waals surface area contributed by atoms with Gasteiger partial charge in [0.25, 0.3) is 0 Å². The molecule has 1 saturated heterocycles. The van der Waals surface area contributed by atoms with Crippen LogP contribution in [0.2, 0.25) is 0 Å². The van der Waals surface area contributed by atoms with E-state index in [1.165, 1.54) is 6.07 Å². The van der Waals surface area contributed by atoms with E-state index < -0.39 is 17.6 Å². The molecule has 114 valence electrons. The number of morpholine rings is 1. The van der Waals surface area contributed by atoms with Gasteiger partial charge >= 0.3 is 6.18 Å². The molecule has 2 unspecified atom stereocenters. The van der Waals surface area contributed by atoms with E-state index in [4.69, 9.17) is 4.74 Å². The molecule has 0 aliphatic carbocycles. The molecule has 2 aliphatic rings. The van der Waals surface area contributed by atoms with Gasteiger partial charge in [0, 0.05) is 12.1 Å². The second-order valence-electron chi connectivity index (χ2n) is 5.52. The van der Waals surface area contributed by atoms with Gasteiger partial charge in [0.15, 0.2) is 0 Å². The molecule has 2 heterocycles. The lowest BCUT2D eigenvalue weighted by molar-refractivity contribution is -0.137. The van der Waals surface area contributed by atoms with Gasteiger partial charge in [-0.15, -0.1) is 0 Å². The molecule has 2 nitrogen and oxygen atoms in total. The summed E-state index contributed by atoms with van der Waals surface area (Å²) in [4.78, 5) is 0. The zero-order chi connectivity index (χ0) is 15.0. The highest BCUT2D eigenvalue weighted by atomic mass is 19.4. The summed E-state index contributed by atoms with van der Waals surface area (Å²) in [6.07, 6.45) is -1.44. The Hall–Kier alpha value is -1.40. The Kier molecular flexibility index (Phi) is 3.75. The van der Waals surface area contributed by atoms with Gasteiger partial charge in [-0.25, -0.2) is 4.39 Å². The minimum Gasteiger partial charge on any atom is -0.378 e. The summed E-state index contributed by atoms with van der Waals surface area (Å²) in [6, 6.07) is 3.06. The molecule has 0 spiro atoms. The molecule has 2 atom stereocenters. The molecule has 2 aliphatic heterocycles. The van der Waals surface area contributed by atoms with E-state index in [1.54, 1.807) is 0 Å².